The summed E-state index contributed by atoms with van der Waals surface area (Å²) < 4.78 is 43.0. The predicted molar refractivity (Wildman–Crippen MR) is 212 cm³/mol. The number of benzene rings is 1. The minimum atomic E-state index is -4.90. The molecule has 7 rings (SSSR count). The zero-order valence-electron chi connectivity index (χ0n) is 32.6. The molecule has 0 bridgehead atoms. The first-order valence-electron chi connectivity index (χ1n) is 19.1. The average molecular weight is 902 g/mol. The van der Waals surface area contributed by atoms with Gasteiger partial charge in [-0.05, 0) is 48.9 Å². The Morgan fingerprint density at radius 1 is 1.03 bits per heavy atom. The molecule has 1 aliphatic carbocycles. The van der Waals surface area contributed by atoms with E-state index in [1.54, 1.807) is 12.1 Å². The number of H-pyrrole nitrogens is 1. The van der Waals surface area contributed by atoms with Crippen molar-refractivity contribution in [1.82, 2.24) is 50.1 Å². The van der Waals surface area contributed by atoms with Crippen LogP contribution in [0.4, 0.5) is 21.8 Å². The van der Waals surface area contributed by atoms with Crippen molar-refractivity contribution < 1.29 is 62.4 Å². The minimum Gasteiger partial charge on any atom is -0.480 e. The summed E-state index contributed by atoms with van der Waals surface area (Å²) in [5, 5.41) is 48.9. The predicted octanol–water partition coefficient (Wildman–Crippen LogP) is -1.70. The van der Waals surface area contributed by atoms with Crippen molar-refractivity contribution in [2.24, 2.45) is 11.8 Å². The van der Waals surface area contributed by atoms with Gasteiger partial charge in [-0.15, -0.1) is 0 Å². The molecule has 5 aromatic rings. The van der Waals surface area contributed by atoms with E-state index in [1.165, 1.54) is 18.3 Å². The number of halogens is 1. The number of carboxylic acid groups (broad SMARTS) is 1. The van der Waals surface area contributed by atoms with Gasteiger partial charge in [-0.2, -0.15) is 19.3 Å². The number of phosphoric ester groups is 1. The number of carboxylic acids is 1. The molecule has 1 saturated heterocycles. The van der Waals surface area contributed by atoms with Crippen LogP contribution in [0.25, 0.3) is 22.3 Å². The van der Waals surface area contributed by atoms with Gasteiger partial charge in [-0.25, -0.2) is 24.3 Å². The number of aromatic amines is 1. The molecule has 2 fully saturated rings. The van der Waals surface area contributed by atoms with E-state index >= 15 is 0 Å². The SMILES string of the molecule is Nc1nc2ncc(CNc3ccc(C(=O)NC(C(=O)O)C4CC(CC(=O)NC(CO)COP(=O)(O)OC[C@H]5O[C@@H](n6cnc7c(N)nc(F)nc76)C(O)C5O)C4)cc3)nc2c(=O)[nH]1. The van der Waals surface area contributed by atoms with Gasteiger partial charge in [0.05, 0.1) is 50.6 Å². The Morgan fingerprint density at radius 2 is 1.78 bits per heavy atom. The van der Waals surface area contributed by atoms with E-state index in [4.69, 9.17) is 25.3 Å². The molecule has 0 spiro atoms. The number of nitrogen functional groups attached to an aromatic ring is 2. The molecule has 5 unspecified atom stereocenters. The van der Waals surface area contributed by atoms with Crippen LogP contribution >= 0.6 is 7.82 Å². The van der Waals surface area contributed by atoms with E-state index in [1.807, 2.05) is 0 Å². The van der Waals surface area contributed by atoms with E-state index < -0.39 is 99.6 Å². The Kier molecular flexibility index (Phi) is 13.2. The van der Waals surface area contributed by atoms with Gasteiger partial charge in [0.2, 0.25) is 11.9 Å². The normalized spacial score (nSPS) is 22.8. The zero-order valence-corrected chi connectivity index (χ0v) is 33.5. The number of hydrogen-bond acceptors (Lipinski definition) is 20. The number of rotatable bonds is 18. The van der Waals surface area contributed by atoms with Crippen LogP contribution in [-0.2, 0) is 34.5 Å². The van der Waals surface area contributed by atoms with Crippen LogP contribution in [0.2, 0.25) is 0 Å². The number of phosphoric acid groups is 1. The molecule has 63 heavy (non-hydrogen) atoms. The zero-order chi connectivity index (χ0) is 45.2. The molecule has 5 heterocycles. The number of fused-ring (bicyclic) bond motifs is 2. The number of aromatic nitrogens is 8. The van der Waals surface area contributed by atoms with Crippen molar-refractivity contribution in [3.63, 3.8) is 0 Å². The van der Waals surface area contributed by atoms with Crippen molar-refractivity contribution >= 4 is 65.4 Å². The van der Waals surface area contributed by atoms with Gasteiger partial charge in [0.15, 0.2) is 34.4 Å². The highest BCUT2D eigenvalue weighted by atomic mass is 31.2. The third-order valence-electron chi connectivity index (χ3n) is 10.3. The van der Waals surface area contributed by atoms with Crippen molar-refractivity contribution in [1.29, 1.82) is 0 Å². The fourth-order valence-corrected chi connectivity index (χ4v) is 7.87. The number of aliphatic hydroxyl groups is 3. The Hall–Kier alpha value is -6.32. The van der Waals surface area contributed by atoms with Gasteiger partial charge in [-0.3, -0.25) is 33.0 Å². The number of carbonyl (C=O) groups is 3. The lowest BCUT2D eigenvalue weighted by molar-refractivity contribution is -0.142. The van der Waals surface area contributed by atoms with Gasteiger partial charge in [0.25, 0.3) is 11.5 Å². The molecule has 13 N–H and O–H groups in total. The van der Waals surface area contributed by atoms with Crippen LogP contribution in [0.5, 0.6) is 0 Å². The molecular weight excluding hydrogens is 860 g/mol. The molecule has 2 amide bonds. The number of ether oxygens (including phenoxy) is 1. The second-order valence-electron chi connectivity index (χ2n) is 14.8. The number of nitrogens with one attached hydrogen (secondary N) is 4. The third kappa shape index (κ3) is 10.3. The van der Waals surface area contributed by atoms with E-state index in [9.17, 15) is 53.5 Å². The number of aliphatic carboxylic acids is 1. The maximum Gasteiger partial charge on any atom is 0.472 e. The summed E-state index contributed by atoms with van der Waals surface area (Å²) in [6, 6.07) is 3.79. The average Bonchev–Trinajstić information content (AvgIpc) is 3.77. The number of amides is 2. The van der Waals surface area contributed by atoms with E-state index in [-0.39, 0.29) is 71.4 Å². The van der Waals surface area contributed by atoms with Crippen molar-refractivity contribution in [3.05, 3.63) is 64.5 Å². The first-order valence-corrected chi connectivity index (χ1v) is 20.6. The lowest BCUT2D eigenvalue weighted by Crippen LogP contribution is -2.51. The van der Waals surface area contributed by atoms with E-state index in [2.05, 4.69) is 50.8 Å². The van der Waals surface area contributed by atoms with Crippen LogP contribution in [0.1, 0.15) is 41.5 Å². The molecule has 1 saturated carbocycles. The summed E-state index contributed by atoms with van der Waals surface area (Å²) in [6.45, 7) is -1.98. The summed E-state index contributed by atoms with van der Waals surface area (Å²) in [4.78, 5) is 85.9. The van der Waals surface area contributed by atoms with Gasteiger partial charge in [0.1, 0.15) is 24.4 Å². The van der Waals surface area contributed by atoms with Crippen molar-refractivity contribution in [2.45, 2.75) is 62.4 Å². The molecule has 2 aliphatic rings. The van der Waals surface area contributed by atoms with Crippen LogP contribution in [-0.4, -0.2) is 133 Å². The molecule has 1 aliphatic heterocycles. The highest BCUT2D eigenvalue weighted by Gasteiger charge is 2.46. The number of carbonyl (C=O) groups excluding carboxylic acids is 2. The quantitative estimate of drug-likeness (QED) is 0.0345. The summed E-state index contributed by atoms with van der Waals surface area (Å²) in [5.41, 5.74) is 11.9. The summed E-state index contributed by atoms with van der Waals surface area (Å²) in [6.07, 6.45) is -4.21. The standard InChI is InChI=1S/C35H41FN13O13P/c36-34-45-27(37)23-29(47-34)49(13-41-23)32-26(53)25(52)20(62-32)12-61-63(58,59)60-11-19(10-50)42-21(51)7-14-5-16(6-14)22(33(56)57)44-30(54)15-1-3-17(4-2-15)39-8-18-9-40-28-24(43-18)31(55)48-35(38)46-28/h1-4,9,13-14,16,19-20,22,25-26,32,39,50,52-53H,5-8,10-12H2,(H,42,51)(H,44,54)(H,56,57)(H,58,59)(H2,37,45,47)(H3,38,40,46,48,55)/t14?,16?,19?,20-,22?,25?,26?,32-/m1/s1. The lowest BCUT2D eigenvalue weighted by Gasteiger charge is -2.38. The molecule has 336 valence electrons. The molecule has 28 heteroatoms. The van der Waals surface area contributed by atoms with E-state index in [0.717, 1.165) is 10.9 Å². The van der Waals surface area contributed by atoms with Gasteiger partial charge in [0, 0.05) is 17.7 Å². The fraction of sp³-hybridized carbons (Fsp3) is 0.429. The minimum absolute atomic E-state index is 0.000864. The molecule has 0 radical (unpaired) electrons. The third-order valence-corrected chi connectivity index (χ3v) is 11.3. The Balaban J connectivity index is 0.825. The lowest BCUT2D eigenvalue weighted by atomic mass is 9.69. The molecular formula is C35H41FN13O13P. The maximum atomic E-state index is 13.8. The molecule has 26 nitrogen and oxygen atoms in total. The van der Waals surface area contributed by atoms with Crippen molar-refractivity contribution in [3.8, 4) is 0 Å². The number of hydrogen-bond donors (Lipinski definition) is 11. The first kappa shape index (κ1) is 44.7. The largest absolute Gasteiger partial charge is 0.480 e. The molecule has 7 atom stereocenters. The maximum absolute atomic E-state index is 13.8. The molecule has 4 aromatic heterocycles. The van der Waals surface area contributed by atoms with Gasteiger partial charge < -0.3 is 57.5 Å². The summed E-state index contributed by atoms with van der Waals surface area (Å²) in [7, 11) is -4.90. The molecule has 1 aromatic carbocycles. The summed E-state index contributed by atoms with van der Waals surface area (Å²) >= 11 is 0. The van der Waals surface area contributed by atoms with Crippen LogP contribution in [0, 0.1) is 17.9 Å². The number of anilines is 3. The number of nitrogens with two attached hydrogens (primary N) is 2. The number of nitrogens with zero attached hydrogens (tertiary/aromatic N) is 7. The van der Waals surface area contributed by atoms with Crippen molar-refractivity contribution in [2.75, 3.05) is 36.6 Å². The first-order chi connectivity index (χ1) is 30.0. The second-order valence-corrected chi connectivity index (χ2v) is 16.2. The van der Waals surface area contributed by atoms with Crippen LogP contribution < -0.4 is 33.0 Å². The monoisotopic (exact) mass is 901 g/mol. The van der Waals surface area contributed by atoms with Crippen LogP contribution in [0.15, 0.2) is 41.6 Å². The topological polar surface area (TPSA) is 400 Å². The highest BCUT2D eigenvalue weighted by molar-refractivity contribution is 7.47. The van der Waals surface area contributed by atoms with Gasteiger partial charge in [-0.1, -0.05) is 0 Å². The Labute approximate surface area is 352 Å². The smallest absolute Gasteiger partial charge is 0.472 e. The fourth-order valence-electron chi connectivity index (χ4n) is 7.09. The Morgan fingerprint density at radius 3 is 2.49 bits per heavy atom. The highest BCUT2D eigenvalue weighted by Crippen LogP contribution is 2.45. The second kappa shape index (κ2) is 18.6. The number of aliphatic hydroxyl groups excluding tert-OH is 3. The van der Waals surface area contributed by atoms with Crippen LogP contribution in [0.3, 0.4) is 0 Å². The van der Waals surface area contributed by atoms with E-state index in [0.29, 0.717) is 11.4 Å². The number of imidazole rings is 1. The Bertz CT molecular complexity index is 2620. The van der Waals surface area contributed by atoms with Gasteiger partial charge >= 0.3 is 19.9 Å². The summed E-state index contributed by atoms with van der Waals surface area (Å²) in [5.74, 6) is -3.58.